The molecular weight excluding hydrogens is 206 g/mol. The van der Waals surface area contributed by atoms with Gasteiger partial charge in [-0.3, -0.25) is 0 Å². The highest BCUT2D eigenvalue weighted by Gasteiger charge is 2.23. The van der Waals surface area contributed by atoms with Crippen molar-refractivity contribution in [2.45, 2.75) is 24.2 Å². The summed E-state index contributed by atoms with van der Waals surface area (Å²) in [7, 11) is 1.65. The Bertz CT molecular complexity index is 393. The van der Waals surface area contributed by atoms with Gasteiger partial charge in [0.05, 0.1) is 18.6 Å². The van der Waals surface area contributed by atoms with Crippen LogP contribution >= 0.6 is 11.8 Å². The second-order valence-corrected chi connectivity index (χ2v) is 4.65. The van der Waals surface area contributed by atoms with Gasteiger partial charge in [-0.05, 0) is 37.8 Å². The lowest BCUT2D eigenvalue weighted by Crippen LogP contribution is -2.15. The summed E-state index contributed by atoms with van der Waals surface area (Å²) in [4.78, 5) is 1.10. The van der Waals surface area contributed by atoms with Gasteiger partial charge < -0.3 is 4.74 Å². The average molecular weight is 221 g/mol. The standard InChI is InChI=1S/C12H15NOS/c1-12(2,8-13)10-6-5-9(14-3)7-11(10)15-4/h5-7H,1-4H3. The first-order valence-electron chi connectivity index (χ1n) is 4.69. The fourth-order valence-corrected chi connectivity index (χ4v) is 2.15. The third-order valence-electron chi connectivity index (χ3n) is 2.36. The topological polar surface area (TPSA) is 33.0 Å². The molecule has 1 aromatic rings. The molecule has 1 aromatic carbocycles. The van der Waals surface area contributed by atoms with Crippen molar-refractivity contribution in [1.82, 2.24) is 0 Å². The van der Waals surface area contributed by atoms with E-state index in [-0.39, 0.29) is 0 Å². The van der Waals surface area contributed by atoms with Crippen LogP contribution in [-0.2, 0) is 5.41 Å². The zero-order valence-corrected chi connectivity index (χ0v) is 10.3. The lowest BCUT2D eigenvalue weighted by Gasteiger charge is -2.19. The number of nitriles is 1. The number of nitrogens with zero attached hydrogens (tertiary/aromatic N) is 1. The largest absolute Gasteiger partial charge is 0.497 e. The van der Waals surface area contributed by atoms with Crippen LogP contribution in [0.15, 0.2) is 23.1 Å². The highest BCUT2D eigenvalue weighted by atomic mass is 32.2. The smallest absolute Gasteiger partial charge is 0.119 e. The predicted molar refractivity (Wildman–Crippen MR) is 63.4 cm³/mol. The molecule has 0 amide bonds. The van der Waals surface area contributed by atoms with E-state index in [0.717, 1.165) is 16.2 Å². The van der Waals surface area contributed by atoms with Crippen molar-refractivity contribution in [1.29, 1.82) is 5.26 Å². The van der Waals surface area contributed by atoms with Crippen molar-refractivity contribution < 1.29 is 4.74 Å². The molecule has 80 valence electrons. The summed E-state index contributed by atoms with van der Waals surface area (Å²) in [5.74, 6) is 0.830. The average Bonchev–Trinajstić information content (AvgIpc) is 2.28. The van der Waals surface area contributed by atoms with Gasteiger partial charge in [-0.25, -0.2) is 0 Å². The van der Waals surface area contributed by atoms with Gasteiger partial charge in [0.2, 0.25) is 0 Å². The summed E-state index contributed by atoms with van der Waals surface area (Å²) in [6.45, 7) is 3.85. The molecule has 0 saturated heterocycles. The highest BCUT2D eigenvalue weighted by Crippen LogP contribution is 2.33. The lowest BCUT2D eigenvalue weighted by molar-refractivity contribution is 0.413. The molecule has 0 fully saturated rings. The summed E-state index contributed by atoms with van der Waals surface area (Å²) in [5, 5.41) is 9.10. The van der Waals surface area contributed by atoms with Gasteiger partial charge in [0.1, 0.15) is 5.75 Å². The molecule has 0 saturated carbocycles. The minimum Gasteiger partial charge on any atom is -0.497 e. The summed E-state index contributed by atoms with van der Waals surface area (Å²) < 4.78 is 5.16. The highest BCUT2D eigenvalue weighted by molar-refractivity contribution is 7.98. The van der Waals surface area contributed by atoms with Crippen molar-refractivity contribution in [3.8, 4) is 11.8 Å². The molecule has 0 aliphatic heterocycles. The van der Waals surface area contributed by atoms with Gasteiger partial charge in [-0.15, -0.1) is 11.8 Å². The first kappa shape index (κ1) is 11.9. The number of hydrogen-bond donors (Lipinski definition) is 0. The van der Waals surface area contributed by atoms with Crippen molar-refractivity contribution in [2.24, 2.45) is 0 Å². The number of hydrogen-bond acceptors (Lipinski definition) is 3. The fraction of sp³-hybridized carbons (Fsp3) is 0.417. The fourth-order valence-electron chi connectivity index (χ4n) is 1.38. The minimum absolute atomic E-state index is 0.454. The van der Waals surface area contributed by atoms with Gasteiger partial charge in [-0.2, -0.15) is 5.26 Å². The quantitative estimate of drug-likeness (QED) is 0.735. The second-order valence-electron chi connectivity index (χ2n) is 3.80. The molecule has 15 heavy (non-hydrogen) atoms. The van der Waals surface area contributed by atoms with Crippen LogP contribution < -0.4 is 4.74 Å². The van der Waals surface area contributed by atoms with Crippen LogP contribution in [0.25, 0.3) is 0 Å². The Hall–Kier alpha value is -1.14. The Labute approximate surface area is 95.3 Å². The predicted octanol–water partition coefficient (Wildman–Crippen LogP) is 3.22. The van der Waals surface area contributed by atoms with Gasteiger partial charge in [0, 0.05) is 4.90 Å². The number of methoxy groups -OCH3 is 1. The first-order chi connectivity index (χ1) is 7.05. The van der Waals surface area contributed by atoms with Crippen LogP contribution in [0.3, 0.4) is 0 Å². The van der Waals surface area contributed by atoms with E-state index >= 15 is 0 Å². The Balaban J connectivity index is 3.26. The third kappa shape index (κ3) is 2.45. The van der Waals surface area contributed by atoms with E-state index in [0.29, 0.717) is 0 Å². The van der Waals surface area contributed by atoms with Gasteiger partial charge in [-0.1, -0.05) is 6.07 Å². The zero-order valence-electron chi connectivity index (χ0n) is 9.50. The number of rotatable bonds is 3. The van der Waals surface area contributed by atoms with Crippen molar-refractivity contribution in [2.75, 3.05) is 13.4 Å². The van der Waals surface area contributed by atoms with E-state index in [1.807, 2.05) is 38.3 Å². The molecule has 0 heterocycles. The molecule has 0 N–H and O–H groups in total. The van der Waals surface area contributed by atoms with Crippen LogP contribution in [0.5, 0.6) is 5.75 Å². The van der Waals surface area contributed by atoms with E-state index in [1.165, 1.54) is 0 Å². The first-order valence-corrected chi connectivity index (χ1v) is 5.91. The van der Waals surface area contributed by atoms with E-state index in [1.54, 1.807) is 18.9 Å². The monoisotopic (exact) mass is 221 g/mol. The number of ether oxygens (including phenoxy) is 1. The van der Waals surface area contributed by atoms with Crippen molar-refractivity contribution in [3.63, 3.8) is 0 Å². The van der Waals surface area contributed by atoms with Gasteiger partial charge >= 0.3 is 0 Å². The second kappa shape index (κ2) is 4.59. The Kier molecular flexibility index (Phi) is 3.65. The summed E-state index contributed by atoms with van der Waals surface area (Å²) >= 11 is 1.64. The normalized spacial score (nSPS) is 10.9. The van der Waals surface area contributed by atoms with Gasteiger partial charge in [0.25, 0.3) is 0 Å². The molecule has 3 heteroatoms. The maximum Gasteiger partial charge on any atom is 0.119 e. The van der Waals surface area contributed by atoms with Crippen molar-refractivity contribution in [3.05, 3.63) is 23.8 Å². The Morgan fingerprint density at radius 2 is 2.07 bits per heavy atom. The molecule has 0 spiro atoms. The summed E-state index contributed by atoms with van der Waals surface area (Å²) in [5.41, 5.74) is 0.600. The molecule has 0 aliphatic rings. The molecule has 0 aromatic heterocycles. The molecule has 1 rings (SSSR count). The Morgan fingerprint density at radius 3 is 2.53 bits per heavy atom. The molecule has 0 aliphatic carbocycles. The van der Waals surface area contributed by atoms with Crippen LogP contribution in [0.2, 0.25) is 0 Å². The lowest BCUT2D eigenvalue weighted by atomic mass is 9.86. The summed E-state index contributed by atoms with van der Waals surface area (Å²) in [6, 6.07) is 8.15. The maximum atomic E-state index is 9.10. The van der Waals surface area contributed by atoms with E-state index < -0.39 is 5.41 Å². The maximum absolute atomic E-state index is 9.10. The van der Waals surface area contributed by atoms with E-state index in [9.17, 15) is 0 Å². The van der Waals surface area contributed by atoms with Gasteiger partial charge in [0.15, 0.2) is 0 Å². The van der Waals surface area contributed by atoms with Crippen LogP contribution in [0.1, 0.15) is 19.4 Å². The zero-order chi connectivity index (χ0) is 11.5. The van der Waals surface area contributed by atoms with Crippen LogP contribution in [0, 0.1) is 11.3 Å². The number of benzene rings is 1. The summed E-state index contributed by atoms with van der Waals surface area (Å²) in [6.07, 6.45) is 2.01. The molecule has 0 radical (unpaired) electrons. The van der Waals surface area contributed by atoms with Crippen LogP contribution in [0.4, 0.5) is 0 Å². The SMILES string of the molecule is COc1ccc(C(C)(C)C#N)c(SC)c1. The minimum atomic E-state index is -0.454. The van der Waals surface area contributed by atoms with Crippen molar-refractivity contribution >= 4 is 11.8 Å². The van der Waals surface area contributed by atoms with Crippen LogP contribution in [-0.4, -0.2) is 13.4 Å². The molecule has 0 bridgehead atoms. The Morgan fingerprint density at radius 1 is 1.40 bits per heavy atom. The van der Waals surface area contributed by atoms with E-state index in [4.69, 9.17) is 10.00 Å². The molecule has 2 nitrogen and oxygen atoms in total. The molecule has 0 atom stereocenters. The third-order valence-corrected chi connectivity index (χ3v) is 3.14. The number of thioether (sulfide) groups is 1. The van der Waals surface area contributed by atoms with E-state index in [2.05, 4.69) is 6.07 Å². The molecular formula is C12H15NOS. The molecule has 0 unspecified atom stereocenters.